The molecule has 0 aliphatic rings. The molecule has 0 fully saturated rings. The first-order chi connectivity index (χ1) is 9.78. The second-order valence-electron chi connectivity index (χ2n) is 4.93. The molecule has 0 aliphatic heterocycles. The fraction of sp³-hybridized carbons (Fsp3) is 0.176. The van der Waals surface area contributed by atoms with Crippen LogP contribution >= 0.6 is 0 Å². The van der Waals surface area contributed by atoms with Crippen LogP contribution in [-0.2, 0) is 6.42 Å². The number of aromatic nitrogens is 1. The number of hydrogen-bond acceptors (Lipinski definition) is 1. The fourth-order valence-corrected chi connectivity index (χ4v) is 2.47. The second-order valence-corrected chi connectivity index (χ2v) is 4.93. The normalized spacial score (nSPS) is 11.1. The first-order valence-electron chi connectivity index (χ1n) is 6.78. The lowest BCUT2D eigenvalue weighted by Crippen LogP contribution is -2.09. The monoisotopic (exact) mass is 268 g/mol. The van der Waals surface area contributed by atoms with E-state index in [0.717, 1.165) is 29.6 Å². The largest absolute Gasteiger partial charge is 0.361 e. The third-order valence-corrected chi connectivity index (χ3v) is 3.59. The summed E-state index contributed by atoms with van der Waals surface area (Å²) >= 11 is 0. The number of hydrogen-bond donors (Lipinski definition) is 2. The minimum atomic E-state index is -0.203. The molecule has 0 saturated carbocycles. The van der Waals surface area contributed by atoms with Gasteiger partial charge in [0.2, 0.25) is 0 Å². The molecule has 3 heteroatoms. The quantitative estimate of drug-likeness (QED) is 0.741. The van der Waals surface area contributed by atoms with Crippen LogP contribution in [-0.4, -0.2) is 18.6 Å². The van der Waals surface area contributed by atoms with Crippen molar-refractivity contribution in [1.29, 1.82) is 0 Å². The van der Waals surface area contributed by atoms with Gasteiger partial charge in [-0.2, -0.15) is 0 Å². The van der Waals surface area contributed by atoms with E-state index in [2.05, 4.69) is 34.7 Å². The van der Waals surface area contributed by atoms with Crippen LogP contribution < -0.4 is 5.32 Å². The zero-order chi connectivity index (χ0) is 13.9. The van der Waals surface area contributed by atoms with Crippen LogP contribution in [0.3, 0.4) is 0 Å². The molecule has 0 unspecified atom stereocenters. The van der Waals surface area contributed by atoms with E-state index in [9.17, 15) is 4.39 Å². The lowest BCUT2D eigenvalue weighted by Gasteiger charge is -2.04. The summed E-state index contributed by atoms with van der Waals surface area (Å²) in [7, 11) is 1.96. The number of H-pyrrole nitrogens is 1. The third kappa shape index (κ3) is 2.45. The Morgan fingerprint density at radius 1 is 1.05 bits per heavy atom. The van der Waals surface area contributed by atoms with Gasteiger partial charge in [-0.05, 0) is 61.0 Å². The highest BCUT2D eigenvalue weighted by Gasteiger charge is 2.05. The van der Waals surface area contributed by atoms with Crippen molar-refractivity contribution < 1.29 is 4.39 Å². The molecular weight excluding hydrogens is 251 g/mol. The average Bonchev–Trinajstić information content (AvgIpc) is 2.88. The number of aromatic amines is 1. The lowest BCUT2D eigenvalue weighted by molar-refractivity contribution is 0.628. The molecule has 3 rings (SSSR count). The van der Waals surface area contributed by atoms with E-state index in [1.165, 1.54) is 23.1 Å². The van der Waals surface area contributed by atoms with Gasteiger partial charge in [0.05, 0.1) is 0 Å². The van der Waals surface area contributed by atoms with E-state index in [0.29, 0.717) is 0 Å². The van der Waals surface area contributed by atoms with Crippen molar-refractivity contribution in [3.8, 4) is 11.1 Å². The van der Waals surface area contributed by atoms with Crippen molar-refractivity contribution in [2.75, 3.05) is 13.6 Å². The Bertz CT molecular complexity index is 713. The van der Waals surface area contributed by atoms with Gasteiger partial charge in [0.25, 0.3) is 0 Å². The molecule has 1 aromatic heterocycles. The predicted molar refractivity (Wildman–Crippen MR) is 81.3 cm³/mol. The number of likely N-dealkylation sites (N-methyl/N-ethyl adjacent to an activating group) is 1. The van der Waals surface area contributed by atoms with Crippen LogP contribution in [0, 0.1) is 5.82 Å². The van der Waals surface area contributed by atoms with Gasteiger partial charge < -0.3 is 10.3 Å². The van der Waals surface area contributed by atoms with Crippen LogP contribution in [0.1, 0.15) is 5.56 Å². The summed E-state index contributed by atoms with van der Waals surface area (Å²) in [6.45, 7) is 0.952. The second kappa shape index (κ2) is 5.47. The zero-order valence-electron chi connectivity index (χ0n) is 11.4. The number of rotatable bonds is 4. The summed E-state index contributed by atoms with van der Waals surface area (Å²) in [6, 6.07) is 12.9. The first kappa shape index (κ1) is 12.9. The molecule has 1 heterocycles. The molecule has 20 heavy (non-hydrogen) atoms. The van der Waals surface area contributed by atoms with E-state index >= 15 is 0 Å². The van der Waals surface area contributed by atoms with Gasteiger partial charge >= 0.3 is 0 Å². The Labute approximate surface area is 117 Å². The maximum atomic E-state index is 13.0. The van der Waals surface area contributed by atoms with Gasteiger partial charge in [0.1, 0.15) is 5.82 Å². The summed E-state index contributed by atoms with van der Waals surface area (Å²) in [4.78, 5) is 3.30. The van der Waals surface area contributed by atoms with Crippen LogP contribution in [0.15, 0.2) is 48.7 Å². The minimum absolute atomic E-state index is 0.203. The Balaban J connectivity index is 2.02. The molecule has 0 amide bonds. The van der Waals surface area contributed by atoms with Gasteiger partial charge in [-0.1, -0.05) is 18.2 Å². The van der Waals surface area contributed by atoms with E-state index < -0.39 is 0 Å². The Kier molecular flexibility index (Phi) is 3.52. The summed E-state index contributed by atoms with van der Waals surface area (Å²) in [5, 5.41) is 4.41. The van der Waals surface area contributed by atoms with E-state index in [1.54, 1.807) is 0 Å². The molecule has 0 atom stereocenters. The van der Waals surface area contributed by atoms with Crippen molar-refractivity contribution in [3.63, 3.8) is 0 Å². The topological polar surface area (TPSA) is 27.8 Å². The summed E-state index contributed by atoms with van der Waals surface area (Å²) < 4.78 is 13.0. The molecular formula is C17H17FN2. The van der Waals surface area contributed by atoms with Gasteiger partial charge in [0.15, 0.2) is 0 Å². The van der Waals surface area contributed by atoms with E-state index in [1.807, 2.05) is 19.2 Å². The molecule has 0 spiro atoms. The van der Waals surface area contributed by atoms with Gasteiger partial charge in [-0.15, -0.1) is 0 Å². The van der Waals surface area contributed by atoms with Crippen LogP contribution in [0.4, 0.5) is 4.39 Å². The highest BCUT2D eigenvalue weighted by atomic mass is 19.1. The van der Waals surface area contributed by atoms with Crippen LogP contribution in [0.2, 0.25) is 0 Å². The van der Waals surface area contributed by atoms with Gasteiger partial charge in [0, 0.05) is 17.1 Å². The van der Waals surface area contributed by atoms with E-state index in [4.69, 9.17) is 0 Å². The molecule has 0 aliphatic carbocycles. The number of fused-ring (bicyclic) bond motifs is 1. The Morgan fingerprint density at radius 2 is 1.80 bits per heavy atom. The lowest BCUT2D eigenvalue weighted by atomic mass is 10.0. The molecule has 3 aromatic rings. The molecule has 102 valence electrons. The smallest absolute Gasteiger partial charge is 0.123 e. The van der Waals surface area contributed by atoms with E-state index in [-0.39, 0.29) is 5.82 Å². The molecule has 2 nitrogen and oxygen atoms in total. The summed E-state index contributed by atoms with van der Waals surface area (Å²) in [6.07, 6.45) is 3.06. The number of halogens is 1. The molecule has 2 aromatic carbocycles. The van der Waals surface area contributed by atoms with Gasteiger partial charge in [-0.3, -0.25) is 0 Å². The Hall–Kier alpha value is -2.13. The van der Waals surface area contributed by atoms with Crippen LogP contribution in [0.5, 0.6) is 0 Å². The minimum Gasteiger partial charge on any atom is -0.361 e. The van der Waals surface area contributed by atoms with Crippen molar-refractivity contribution in [2.24, 2.45) is 0 Å². The van der Waals surface area contributed by atoms with Crippen molar-refractivity contribution in [1.82, 2.24) is 10.3 Å². The van der Waals surface area contributed by atoms with Crippen LogP contribution in [0.25, 0.3) is 22.0 Å². The molecule has 0 bridgehead atoms. The third-order valence-electron chi connectivity index (χ3n) is 3.59. The SMILES string of the molecule is CNCCc1c[nH]c2ccc(-c3ccc(F)cc3)cc12. The standard InChI is InChI=1S/C17H17FN2/c1-19-9-8-14-11-20-17-7-4-13(10-16(14)17)12-2-5-15(18)6-3-12/h2-7,10-11,19-20H,8-9H2,1H3. The average molecular weight is 268 g/mol. The fourth-order valence-electron chi connectivity index (χ4n) is 2.47. The molecule has 0 radical (unpaired) electrons. The Morgan fingerprint density at radius 3 is 2.55 bits per heavy atom. The number of benzene rings is 2. The summed E-state index contributed by atoms with van der Waals surface area (Å²) in [5.74, 6) is -0.203. The van der Waals surface area contributed by atoms with Gasteiger partial charge in [-0.25, -0.2) is 4.39 Å². The zero-order valence-corrected chi connectivity index (χ0v) is 11.4. The molecule has 2 N–H and O–H groups in total. The summed E-state index contributed by atoms with van der Waals surface area (Å²) in [5.41, 5.74) is 4.59. The maximum absolute atomic E-state index is 13.0. The molecule has 0 saturated heterocycles. The van der Waals surface area contributed by atoms with Crippen molar-refractivity contribution in [2.45, 2.75) is 6.42 Å². The number of nitrogens with one attached hydrogen (secondary N) is 2. The van der Waals surface area contributed by atoms with Crippen molar-refractivity contribution in [3.05, 3.63) is 60.0 Å². The first-order valence-corrected chi connectivity index (χ1v) is 6.78. The highest BCUT2D eigenvalue weighted by molar-refractivity contribution is 5.88. The maximum Gasteiger partial charge on any atom is 0.123 e. The highest BCUT2D eigenvalue weighted by Crippen LogP contribution is 2.26. The van der Waals surface area contributed by atoms with Crippen molar-refractivity contribution >= 4 is 10.9 Å². The predicted octanol–water partition coefficient (Wildman–Crippen LogP) is 3.74.